The van der Waals surface area contributed by atoms with E-state index in [0.717, 1.165) is 19.3 Å². The summed E-state index contributed by atoms with van der Waals surface area (Å²) < 4.78 is 5.73. The van der Waals surface area contributed by atoms with Crippen LogP contribution in [0.2, 0.25) is 0 Å². The van der Waals surface area contributed by atoms with Crippen LogP contribution in [0.3, 0.4) is 0 Å². The van der Waals surface area contributed by atoms with Crippen molar-refractivity contribution in [1.29, 1.82) is 0 Å². The summed E-state index contributed by atoms with van der Waals surface area (Å²) in [4.78, 5) is 10.4. The first-order valence-corrected chi connectivity index (χ1v) is 9.68. The molecule has 150 valence electrons. The third-order valence-electron chi connectivity index (χ3n) is 4.55. The van der Waals surface area contributed by atoms with Gasteiger partial charge in [0.15, 0.2) is 0 Å². The molecule has 0 aromatic rings. The first kappa shape index (κ1) is 22.8. The molecule has 1 rings (SSSR count). The number of aliphatic hydroxyl groups is 3. The molecule has 0 aromatic heterocycles. The number of aliphatic carboxylic acids is 1. The van der Waals surface area contributed by atoms with E-state index >= 15 is 0 Å². The van der Waals surface area contributed by atoms with Gasteiger partial charge in [-0.25, -0.2) is 0 Å². The molecule has 0 aromatic carbocycles. The number of ether oxygens (including phenoxy) is 1. The lowest BCUT2D eigenvalue weighted by Crippen LogP contribution is -2.26. The van der Waals surface area contributed by atoms with Gasteiger partial charge in [-0.15, -0.1) is 0 Å². The van der Waals surface area contributed by atoms with Crippen molar-refractivity contribution in [2.75, 3.05) is 0 Å². The van der Waals surface area contributed by atoms with Crippen LogP contribution in [0.15, 0.2) is 24.3 Å². The van der Waals surface area contributed by atoms with Crippen LogP contribution in [0.4, 0.5) is 0 Å². The highest BCUT2D eigenvalue weighted by atomic mass is 16.5. The molecular formula is C20H34O6. The Kier molecular flexibility index (Phi) is 11.4. The minimum absolute atomic E-state index is 0.148. The summed E-state index contributed by atoms with van der Waals surface area (Å²) in [5.74, 6) is -0.801. The molecule has 1 saturated heterocycles. The highest BCUT2D eigenvalue weighted by Crippen LogP contribution is 2.26. The molecule has 6 nitrogen and oxygen atoms in total. The Morgan fingerprint density at radius 2 is 2.00 bits per heavy atom. The van der Waals surface area contributed by atoms with Gasteiger partial charge in [0.25, 0.3) is 0 Å². The Hall–Kier alpha value is -1.21. The van der Waals surface area contributed by atoms with Gasteiger partial charge in [-0.2, -0.15) is 0 Å². The molecule has 5 atom stereocenters. The molecule has 26 heavy (non-hydrogen) atoms. The van der Waals surface area contributed by atoms with Gasteiger partial charge in [0, 0.05) is 12.8 Å². The van der Waals surface area contributed by atoms with Crippen LogP contribution in [0.25, 0.3) is 0 Å². The lowest BCUT2D eigenvalue weighted by Gasteiger charge is -2.18. The number of allylic oxidation sites excluding steroid dienone is 1. The minimum Gasteiger partial charge on any atom is -0.481 e. The smallest absolute Gasteiger partial charge is 0.303 e. The van der Waals surface area contributed by atoms with Crippen molar-refractivity contribution in [3.8, 4) is 0 Å². The fourth-order valence-electron chi connectivity index (χ4n) is 2.97. The van der Waals surface area contributed by atoms with Crippen molar-refractivity contribution in [2.24, 2.45) is 0 Å². The van der Waals surface area contributed by atoms with Crippen molar-refractivity contribution in [1.82, 2.24) is 0 Å². The molecule has 0 amide bonds. The van der Waals surface area contributed by atoms with Gasteiger partial charge in [0.1, 0.15) is 6.10 Å². The second-order valence-electron chi connectivity index (χ2n) is 6.95. The maximum Gasteiger partial charge on any atom is 0.303 e. The van der Waals surface area contributed by atoms with Crippen LogP contribution >= 0.6 is 0 Å². The van der Waals surface area contributed by atoms with Crippen LogP contribution in [0, 0.1) is 0 Å². The van der Waals surface area contributed by atoms with Crippen LogP contribution in [-0.2, 0) is 9.53 Å². The molecule has 0 radical (unpaired) electrons. The Labute approximate surface area is 156 Å². The number of aliphatic hydroxyl groups excluding tert-OH is 3. The summed E-state index contributed by atoms with van der Waals surface area (Å²) in [5.41, 5.74) is 0. The van der Waals surface area contributed by atoms with E-state index in [1.807, 2.05) is 12.2 Å². The summed E-state index contributed by atoms with van der Waals surface area (Å²) >= 11 is 0. The molecule has 0 unspecified atom stereocenters. The highest BCUT2D eigenvalue weighted by Gasteiger charge is 2.36. The van der Waals surface area contributed by atoms with Crippen LogP contribution < -0.4 is 0 Å². The lowest BCUT2D eigenvalue weighted by atomic mass is 10.0. The maximum atomic E-state index is 10.4. The third-order valence-corrected chi connectivity index (χ3v) is 4.55. The van der Waals surface area contributed by atoms with Crippen molar-refractivity contribution in [3.05, 3.63) is 24.3 Å². The predicted molar refractivity (Wildman–Crippen MR) is 99.8 cm³/mol. The molecule has 6 heteroatoms. The highest BCUT2D eigenvalue weighted by molar-refractivity contribution is 5.66. The average molecular weight is 370 g/mol. The van der Waals surface area contributed by atoms with Crippen molar-refractivity contribution < 1.29 is 30.0 Å². The number of carbonyl (C=O) groups is 1. The van der Waals surface area contributed by atoms with E-state index in [1.165, 1.54) is 0 Å². The van der Waals surface area contributed by atoms with Crippen molar-refractivity contribution in [2.45, 2.75) is 95.2 Å². The van der Waals surface area contributed by atoms with Crippen molar-refractivity contribution in [3.63, 3.8) is 0 Å². The average Bonchev–Trinajstić information content (AvgIpc) is 2.97. The van der Waals surface area contributed by atoms with Crippen molar-refractivity contribution >= 4 is 5.97 Å². The predicted octanol–water partition coefficient (Wildman–Crippen LogP) is 2.56. The van der Waals surface area contributed by atoms with E-state index in [-0.39, 0.29) is 12.5 Å². The van der Waals surface area contributed by atoms with Gasteiger partial charge < -0.3 is 25.2 Å². The van der Waals surface area contributed by atoms with Gasteiger partial charge in [-0.3, -0.25) is 4.79 Å². The summed E-state index contributed by atoms with van der Waals surface area (Å²) in [5, 5.41) is 38.7. The Bertz CT molecular complexity index is 448. The number of rotatable bonds is 13. The Morgan fingerprint density at radius 3 is 2.69 bits per heavy atom. The van der Waals surface area contributed by atoms with Gasteiger partial charge in [0.2, 0.25) is 0 Å². The van der Waals surface area contributed by atoms with E-state index in [0.29, 0.717) is 32.1 Å². The zero-order chi connectivity index (χ0) is 19.4. The first-order chi connectivity index (χ1) is 12.4. The molecule has 1 aliphatic rings. The van der Waals surface area contributed by atoms with Gasteiger partial charge in [0.05, 0.1) is 24.4 Å². The van der Waals surface area contributed by atoms with E-state index in [2.05, 4.69) is 6.92 Å². The SMILES string of the molecule is CCCCC[C@@H](O)[C@H]1C[C@H](O)[C@@H](/C=C/[C@H](O)C/C=C\CCCC(=O)O)O1. The molecule has 1 aliphatic heterocycles. The standard InChI is InChI=1S/C20H34O6/c1-2-3-6-10-16(22)19-14-17(23)18(26-19)13-12-15(21)9-7-4-5-8-11-20(24)25/h4,7,12-13,15-19,21-23H,2-3,5-6,8-11,14H2,1H3,(H,24,25)/b7-4-,13-12+/t15-,16-,17+,18-,19-/m1/s1. The molecule has 1 heterocycles. The number of hydrogen-bond donors (Lipinski definition) is 4. The second kappa shape index (κ2) is 13.0. The zero-order valence-corrected chi connectivity index (χ0v) is 15.7. The molecule has 0 aliphatic carbocycles. The Morgan fingerprint density at radius 1 is 1.23 bits per heavy atom. The number of carboxylic acid groups (broad SMARTS) is 1. The van der Waals surface area contributed by atoms with E-state index in [4.69, 9.17) is 9.84 Å². The molecule has 4 N–H and O–H groups in total. The van der Waals surface area contributed by atoms with Gasteiger partial charge in [-0.05, 0) is 25.7 Å². The monoisotopic (exact) mass is 370 g/mol. The fourth-order valence-corrected chi connectivity index (χ4v) is 2.97. The fraction of sp³-hybridized carbons (Fsp3) is 0.750. The quantitative estimate of drug-likeness (QED) is 0.293. The second-order valence-corrected chi connectivity index (χ2v) is 6.95. The lowest BCUT2D eigenvalue weighted by molar-refractivity contribution is -0.137. The molecule has 0 saturated carbocycles. The Balaban J connectivity index is 2.29. The van der Waals surface area contributed by atoms with Crippen LogP contribution in [-0.4, -0.2) is 56.9 Å². The summed E-state index contributed by atoms with van der Waals surface area (Å²) in [6.07, 6.45) is 10.2. The maximum absolute atomic E-state index is 10.4. The normalized spacial score (nSPS) is 25.9. The third kappa shape index (κ3) is 9.48. The zero-order valence-electron chi connectivity index (χ0n) is 15.7. The number of unbranched alkanes of at least 4 members (excludes halogenated alkanes) is 3. The van der Waals surface area contributed by atoms with Crippen LogP contribution in [0.5, 0.6) is 0 Å². The van der Waals surface area contributed by atoms with E-state index in [1.54, 1.807) is 12.2 Å². The van der Waals surface area contributed by atoms with Gasteiger partial charge in [-0.1, -0.05) is 50.5 Å². The largest absolute Gasteiger partial charge is 0.481 e. The van der Waals surface area contributed by atoms with Gasteiger partial charge >= 0.3 is 5.97 Å². The van der Waals surface area contributed by atoms with E-state index < -0.39 is 30.4 Å². The molecule has 0 bridgehead atoms. The summed E-state index contributed by atoms with van der Waals surface area (Å²) in [6, 6.07) is 0. The molecule has 0 spiro atoms. The first-order valence-electron chi connectivity index (χ1n) is 9.68. The minimum atomic E-state index is -0.801. The topological polar surface area (TPSA) is 107 Å². The molecular weight excluding hydrogens is 336 g/mol. The summed E-state index contributed by atoms with van der Waals surface area (Å²) in [6.45, 7) is 2.11. The summed E-state index contributed by atoms with van der Waals surface area (Å²) in [7, 11) is 0. The number of hydrogen-bond acceptors (Lipinski definition) is 5. The number of carboxylic acids is 1. The molecule has 1 fully saturated rings. The van der Waals surface area contributed by atoms with E-state index in [9.17, 15) is 20.1 Å². The van der Waals surface area contributed by atoms with Crippen LogP contribution in [0.1, 0.15) is 64.7 Å².